The SMILES string of the molecule is CN(C)N(CC1CCN(C(=O)OCc2ccccc2)CC1)c1ccnc(C=O)c1. The Morgan fingerprint density at radius 2 is 1.93 bits per heavy atom. The molecule has 0 unspecified atom stereocenters. The van der Waals surface area contributed by atoms with Crippen molar-refractivity contribution >= 4 is 18.1 Å². The van der Waals surface area contributed by atoms with Gasteiger partial charge in [-0.05, 0) is 36.5 Å². The van der Waals surface area contributed by atoms with E-state index >= 15 is 0 Å². The summed E-state index contributed by atoms with van der Waals surface area (Å²) in [5, 5.41) is 4.16. The second-order valence-electron chi connectivity index (χ2n) is 7.46. The van der Waals surface area contributed by atoms with Crippen LogP contribution in [-0.2, 0) is 11.3 Å². The molecular weight excluding hydrogens is 368 g/mol. The van der Waals surface area contributed by atoms with Crippen LogP contribution < -0.4 is 5.01 Å². The molecule has 29 heavy (non-hydrogen) atoms. The maximum absolute atomic E-state index is 12.3. The summed E-state index contributed by atoms with van der Waals surface area (Å²) >= 11 is 0. The predicted molar refractivity (Wildman–Crippen MR) is 112 cm³/mol. The number of carbonyl (C=O) groups is 2. The Bertz CT molecular complexity index is 805. The smallest absolute Gasteiger partial charge is 0.410 e. The zero-order valence-electron chi connectivity index (χ0n) is 17.0. The third-order valence-corrected chi connectivity index (χ3v) is 5.18. The molecule has 0 radical (unpaired) electrons. The highest BCUT2D eigenvalue weighted by Crippen LogP contribution is 2.23. The quantitative estimate of drug-likeness (QED) is 0.529. The van der Waals surface area contributed by atoms with Gasteiger partial charge in [-0.25, -0.2) is 9.80 Å². The number of carbonyl (C=O) groups excluding carboxylic acids is 2. The van der Waals surface area contributed by atoms with Gasteiger partial charge >= 0.3 is 6.09 Å². The standard InChI is InChI=1S/C22H28N4O3/c1-24(2)26(21-8-11-23-20(14-21)16-27)15-18-9-12-25(13-10-18)22(28)29-17-19-6-4-3-5-7-19/h3-8,11,14,16,18H,9-10,12-13,15,17H2,1-2H3. The third kappa shape index (κ3) is 5.77. The molecule has 1 fully saturated rings. The second kappa shape index (κ2) is 10.0. The molecule has 1 aromatic carbocycles. The van der Waals surface area contributed by atoms with Crippen molar-refractivity contribution in [2.45, 2.75) is 19.4 Å². The zero-order valence-corrected chi connectivity index (χ0v) is 17.0. The number of rotatable bonds is 7. The van der Waals surface area contributed by atoms with Crippen LogP contribution in [0.2, 0.25) is 0 Å². The molecule has 2 heterocycles. The van der Waals surface area contributed by atoms with Crippen LogP contribution in [0.4, 0.5) is 10.5 Å². The van der Waals surface area contributed by atoms with Gasteiger partial charge in [0.05, 0.1) is 5.69 Å². The minimum Gasteiger partial charge on any atom is -0.445 e. The average Bonchev–Trinajstić information content (AvgIpc) is 2.76. The summed E-state index contributed by atoms with van der Waals surface area (Å²) < 4.78 is 5.45. The number of benzene rings is 1. The number of piperidine rings is 1. The number of anilines is 1. The highest BCUT2D eigenvalue weighted by molar-refractivity contribution is 5.73. The Kier molecular flexibility index (Phi) is 7.19. The first kappa shape index (κ1) is 20.8. The molecule has 1 aromatic heterocycles. The van der Waals surface area contributed by atoms with Crippen LogP contribution in [-0.4, -0.2) is 61.0 Å². The number of aldehydes is 1. The molecule has 1 aliphatic heterocycles. The Balaban J connectivity index is 1.51. The number of pyridine rings is 1. The van der Waals surface area contributed by atoms with E-state index in [4.69, 9.17) is 4.74 Å². The number of aromatic nitrogens is 1. The third-order valence-electron chi connectivity index (χ3n) is 5.18. The lowest BCUT2D eigenvalue weighted by Gasteiger charge is -2.37. The Hall–Kier alpha value is -2.93. The summed E-state index contributed by atoms with van der Waals surface area (Å²) in [5.41, 5.74) is 2.35. The lowest BCUT2D eigenvalue weighted by atomic mass is 9.96. The van der Waals surface area contributed by atoms with E-state index in [1.54, 1.807) is 17.2 Å². The van der Waals surface area contributed by atoms with Crippen LogP contribution >= 0.6 is 0 Å². The van der Waals surface area contributed by atoms with Crippen molar-refractivity contribution in [1.82, 2.24) is 14.9 Å². The maximum Gasteiger partial charge on any atom is 0.410 e. The fourth-order valence-corrected chi connectivity index (χ4v) is 3.51. The van der Waals surface area contributed by atoms with E-state index < -0.39 is 0 Å². The zero-order chi connectivity index (χ0) is 20.6. The van der Waals surface area contributed by atoms with Crippen LogP contribution in [0.25, 0.3) is 0 Å². The van der Waals surface area contributed by atoms with Gasteiger partial charge in [0, 0.05) is 39.9 Å². The second-order valence-corrected chi connectivity index (χ2v) is 7.46. The fourth-order valence-electron chi connectivity index (χ4n) is 3.51. The summed E-state index contributed by atoms with van der Waals surface area (Å²) in [6.07, 6.45) is 3.99. The first-order valence-corrected chi connectivity index (χ1v) is 9.88. The van der Waals surface area contributed by atoms with Crippen molar-refractivity contribution < 1.29 is 14.3 Å². The van der Waals surface area contributed by atoms with Gasteiger partial charge in [0.15, 0.2) is 6.29 Å². The maximum atomic E-state index is 12.3. The van der Waals surface area contributed by atoms with Gasteiger partial charge in [0.2, 0.25) is 0 Å². The van der Waals surface area contributed by atoms with Gasteiger partial charge in [-0.2, -0.15) is 0 Å². The molecule has 3 rings (SSSR count). The number of nitrogens with zero attached hydrogens (tertiary/aromatic N) is 4. The first-order valence-electron chi connectivity index (χ1n) is 9.88. The number of amides is 1. The van der Waals surface area contributed by atoms with E-state index in [0.717, 1.165) is 36.9 Å². The van der Waals surface area contributed by atoms with E-state index in [1.165, 1.54) is 0 Å². The Labute approximate surface area is 171 Å². The van der Waals surface area contributed by atoms with Crippen molar-refractivity contribution in [2.24, 2.45) is 5.92 Å². The lowest BCUT2D eigenvalue weighted by molar-refractivity contribution is 0.0818. The van der Waals surface area contributed by atoms with Gasteiger partial charge < -0.3 is 14.6 Å². The minimum absolute atomic E-state index is 0.249. The lowest BCUT2D eigenvalue weighted by Crippen LogP contribution is -2.45. The molecule has 0 atom stereocenters. The predicted octanol–water partition coefficient (Wildman–Crippen LogP) is 3.23. The van der Waals surface area contributed by atoms with E-state index in [-0.39, 0.29) is 6.09 Å². The Morgan fingerprint density at radius 1 is 1.21 bits per heavy atom. The number of ether oxygens (including phenoxy) is 1. The first-order chi connectivity index (χ1) is 14.1. The van der Waals surface area contributed by atoms with Gasteiger partial charge in [-0.3, -0.25) is 9.78 Å². The Morgan fingerprint density at radius 3 is 2.59 bits per heavy atom. The number of hydrazine groups is 1. The van der Waals surface area contributed by atoms with Crippen LogP contribution in [0.1, 0.15) is 28.9 Å². The van der Waals surface area contributed by atoms with Crippen LogP contribution in [0, 0.1) is 5.92 Å². The molecule has 0 bridgehead atoms. The van der Waals surface area contributed by atoms with Gasteiger partial charge in [0.1, 0.15) is 12.3 Å². The molecule has 1 amide bonds. The normalized spacial score (nSPS) is 14.7. The molecule has 0 spiro atoms. The van der Waals surface area contributed by atoms with E-state index in [0.29, 0.717) is 31.3 Å². The number of likely N-dealkylation sites (tertiary alicyclic amines) is 1. The summed E-state index contributed by atoms with van der Waals surface area (Å²) in [6.45, 7) is 2.50. The number of hydrogen-bond donors (Lipinski definition) is 0. The van der Waals surface area contributed by atoms with Crippen molar-refractivity contribution in [2.75, 3.05) is 38.7 Å². The van der Waals surface area contributed by atoms with Crippen LogP contribution in [0.5, 0.6) is 0 Å². The summed E-state index contributed by atoms with van der Waals surface area (Å²) in [7, 11) is 3.97. The summed E-state index contributed by atoms with van der Waals surface area (Å²) in [4.78, 5) is 29.2. The van der Waals surface area contributed by atoms with Crippen LogP contribution in [0.3, 0.4) is 0 Å². The van der Waals surface area contributed by atoms with Gasteiger partial charge in [-0.1, -0.05) is 30.3 Å². The van der Waals surface area contributed by atoms with E-state index in [2.05, 4.69) is 9.99 Å². The van der Waals surface area contributed by atoms with Crippen molar-refractivity contribution in [3.63, 3.8) is 0 Å². The number of hydrogen-bond acceptors (Lipinski definition) is 6. The largest absolute Gasteiger partial charge is 0.445 e. The molecule has 0 saturated carbocycles. The average molecular weight is 396 g/mol. The highest BCUT2D eigenvalue weighted by Gasteiger charge is 2.26. The molecule has 7 heteroatoms. The fraction of sp³-hybridized carbons (Fsp3) is 0.409. The molecule has 1 saturated heterocycles. The van der Waals surface area contributed by atoms with E-state index in [1.807, 2.05) is 55.5 Å². The summed E-state index contributed by atoms with van der Waals surface area (Å²) in [5.74, 6) is 0.448. The summed E-state index contributed by atoms with van der Waals surface area (Å²) in [6, 6.07) is 13.4. The van der Waals surface area contributed by atoms with E-state index in [9.17, 15) is 9.59 Å². The molecule has 0 aliphatic carbocycles. The van der Waals surface area contributed by atoms with Crippen molar-refractivity contribution in [3.8, 4) is 0 Å². The molecule has 2 aromatic rings. The molecule has 0 N–H and O–H groups in total. The topological polar surface area (TPSA) is 66.0 Å². The molecule has 7 nitrogen and oxygen atoms in total. The van der Waals surface area contributed by atoms with Gasteiger partial charge in [-0.15, -0.1) is 0 Å². The van der Waals surface area contributed by atoms with Crippen molar-refractivity contribution in [1.29, 1.82) is 0 Å². The molecule has 1 aliphatic rings. The molecule has 154 valence electrons. The highest BCUT2D eigenvalue weighted by atomic mass is 16.6. The van der Waals surface area contributed by atoms with Gasteiger partial charge in [0.25, 0.3) is 0 Å². The molecular formula is C22H28N4O3. The van der Waals surface area contributed by atoms with Crippen LogP contribution in [0.15, 0.2) is 48.7 Å². The minimum atomic E-state index is -0.249. The monoisotopic (exact) mass is 396 g/mol. The van der Waals surface area contributed by atoms with Crippen molar-refractivity contribution in [3.05, 3.63) is 59.9 Å².